The topological polar surface area (TPSA) is 91.1 Å². The van der Waals surface area contributed by atoms with E-state index in [-0.39, 0.29) is 12.3 Å². The van der Waals surface area contributed by atoms with Gasteiger partial charge in [0.2, 0.25) is 5.91 Å². The molecular weight excluding hydrogens is 282 g/mol. The Kier molecular flexibility index (Phi) is 4.84. The van der Waals surface area contributed by atoms with Crippen LogP contribution >= 0.6 is 0 Å². The first-order valence-electron chi connectivity index (χ1n) is 7.83. The Balaban J connectivity index is 1.85. The molecule has 2 rings (SSSR count). The Morgan fingerprint density at radius 2 is 1.95 bits per heavy atom. The van der Waals surface area contributed by atoms with Crippen molar-refractivity contribution in [1.29, 1.82) is 0 Å². The van der Waals surface area contributed by atoms with E-state index in [1.54, 1.807) is 0 Å². The van der Waals surface area contributed by atoms with Crippen molar-refractivity contribution in [3.8, 4) is 12.3 Å². The van der Waals surface area contributed by atoms with Crippen molar-refractivity contribution in [2.45, 2.75) is 69.5 Å². The molecule has 0 aromatic rings. The maximum absolute atomic E-state index is 12.2. The first-order valence-corrected chi connectivity index (χ1v) is 7.83. The van der Waals surface area contributed by atoms with Crippen molar-refractivity contribution >= 4 is 11.9 Å². The summed E-state index contributed by atoms with van der Waals surface area (Å²) in [5.41, 5.74) is -1.60. The molecule has 0 saturated heterocycles. The molecule has 2 N–H and O–H groups in total. The van der Waals surface area contributed by atoms with Crippen molar-refractivity contribution in [3.63, 3.8) is 0 Å². The monoisotopic (exact) mass is 305 g/mol. The summed E-state index contributed by atoms with van der Waals surface area (Å²) in [6, 6.07) is 0. The molecule has 1 saturated carbocycles. The fraction of sp³-hybridized carbons (Fsp3) is 0.750. The molecule has 1 heterocycles. The standard InChI is InChI=1S/C16H23N3O3/c1-3-4-8-16(18-19-16)11-7-13(20)17-15(14(21)22)9-5-12(2)6-10-15/h1,12H,4-11H2,2H3,(H,17,20)(H,21,22). The average molecular weight is 305 g/mol. The number of hydrogen-bond donors (Lipinski definition) is 2. The van der Waals surface area contributed by atoms with Gasteiger partial charge in [0.1, 0.15) is 5.54 Å². The van der Waals surface area contributed by atoms with Crippen molar-refractivity contribution in [2.75, 3.05) is 0 Å². The number of amides is 1. The van der Waals surface area contributed by atoms with E-state index < -0.39 is 17.2 Å². The first-order chi connectivity index (χ1) is 10.4. The zero-order valence-electron chi connectivity index (χ0n) is 13.0. The minimum Gasteiger partial charge on any atom is -0.480 e. The van der Waals surface area contributed by atoms with Gasteiger partial charge in [-0.3, -0.25) is 4.79 Å². The zero-order chi connectivity index (χ0) is 16.2. The summed E-state index contributed by atoms with van der Waals surface area (Å²) < 4.78 is 0. The number of hydrogen-bond acceptors (Lipinski definition) is 4. The Morgan fingerprint density at radius 1 is 1.32 bits per heavy atom. The third-order valence-electron chi connectivity index (χ3n) is 4.72. The highest BCUT2D eigenvalue weighted by molar-refractivity contribution is 5.87. The normalized spacial score (nSPS) is 28.6. The summed E-state index contributed by atoms with van der Waals surface area (Å²) in [6.07, 6.45) is 9.80. The number of carboxylic acid groups (broad SMARTS) is 1. The van der Waals surface area contributed by atoms with Crippen LogP contribution in [0.5, 0.6) is 0 Å². The second-order valence-corrected chi connectivity index (χ2v) is 6.50. The van der Waals surface area contributed by atoms with Crippen molar-refractivity contribution in [2.24, 2.45) is 16.1 Å². The summed E-state index contributed by atoms with van der Waals surface area (Å²) in [5.74, 6) is 1.88. The largest absolute Gasteiger partial charge is 0.480 e. The van der Waals surface area contributed by atoms with Crippen LogP contribution in [0.2, 0.25) is 0 Å². The number of carboxylic acids is 1. The van der Waals surface area contributed by atoms with Gasteiger partial charge in [-0.25, -0.2) is 4.79 Å². The van der Waals surface area contributed by atoms with Crippen molar-refractivity contribution in [3.05, 3.63) is 0 Å². The third kappa shape index (κ3) is 3.85. The van der Waals surface area contributed by atoms with E-state index in [4.69, 9.17) is 6.42 Å². The maximum atomic E-state index is 12.2. The van der Waals surface area contributed by atoms with Crippen LogP contribution in [0.3, 0.4) is 0 Å². The lowest BCUT2D eigenvalue weighted by atomic mass is 9.77. The summed E-state index contributed by atoms with van der Waals surface area (Å²) in [7, 11) is 0. The first kappa shape index (κ1) is 16.5. The van der Waals surface area contributed by atoms with Crippen LogP contribution in [0.1, 0.15) is 58.3 Å². The van der Waals surface area contributed by atoms with Gasteiger partial charge in [-0.2, -0.15) is 10.2 Å². The van der Waals surface area contributed by atoms with Crippen LogP contribution in [0, 0.1) is 18.3 Å². The zero-order valence-corrected chi connectivity index (χ0v) is 13.0. The SMILES string of the molecule is C#CCCC1(CCC(=O)NC2(C(=O)O)CCC(C)CC2)N=N1. The smallest absolute Gasteiger partial charge is 0.329 e. The van der Waals surface area contributed by atoms with Gasteiger partial charge in [0.05, 0.1) is 0 Å². The minimum absolute atomic E-state index is 0.224. The van der Waals surface area contributed by atoms with Crippen LogP contribution in [-0.2, 0) is 9.59 Å². The summed E-state index contributed by atoms with van der Waals surface area (Å²) in [6.45, 7) is 2.11. The van der Waals surface area contributed by atoms with E-state index in [9.17, 15) is 14.7 Å². The molecule has 0 atom stereocenters. The lowest BCUT2D eigenvalue weighted by molar-refractivity contribution is -0.149. The van der Waals surface area contributed by atoms with Crippen LogP contribution in [-0.4, -0.2) is 28.2 Å². The molecule has 0 spiro atoms. The molecule has 6 nitrogen and oxygen atoms in total. The number of nitrogens with zero attached hydrogens (tertiary/aromatic N) is 2. The lowest BCUT2D eigenvalue weighted by Crippen LogP contribution is -2.56. The van der Waals surface area contributed by atoms with E-state index in [0.29, 0.717) is 38.0 Å². The van der Waals surface area contributed by atoms with Gasteiger partial charge in [0.25, 0.3) is 0 Å². The highest BCUT2D eigenvalue weighted by Gasteiger charge is 2.44. The molecule has 0 aromatic heterocycles. The molecule has 120 valence electrons. The van der Waals surface area contributed by atoms with Gasteiger partial charge < -0.3 is 10.4 Å². The second-order valence-electron chi connectivity index (χ2n) is 6.50. The van der Waals surface area contributed by atoms with Crippen LogP contribution in [0.4, 0.5) is 0 Å². The molecule has 1 amide bonds. The van der Waals surface area contributed by atoms with Gasteiger partial charge in [0, 0.05) is 25.7 Å². The molecule has 1 aliphatic carbocycles. The van der Waals surface area contributed by atoms with Crippen LogP contribution in [0.25, 0.3) is 0 Å². The highest BCUT2D eigenvalue weighted by Crippen LogP contribution is 2.38. The Hall–Kier alpha value is -1.90. The number of terminal acetylenes is 1. The van der Waals surface area contributed by atoms with E-state index in [0.717, 1.165) is 12.8 Å². The van der Waals surface area contributed by atoms with E-state index >= 15 is 0 Å². The van der Waals surface area contributed by atoms with Gasteiger partial charge in [-0.1, -0.05) is 6.92 Å². The fourth-order valence-corrected chi connectivity index (χ4v) is 2.96. The van der Waals surface area contributed by atoms with Crippen molar-refractivity contribution in [1.82, 2.24) is 5.32 Å². The van der Waals surface area contributed by atoms with Crippen LogP contribution in [0.15, 0.2) is 10.2 Å². The molecule has 22 heavy (non-hydrogen) atoms. The minimum atomic E-state index is -1.10. The number of carbonyl (C=O) groups is 2. The maximum Gasteiger partial charge on any atom is 0.329 e. The Morgan fingerprint density at radius 3 is 2.45 bits per heavy atom. The molecular formula is C16H23N3O3. The number of rotatable bonds is 7. The van der Waals surface area contributed by atoms with E-state index in [2.05, 4.69) is 28.4 Å². The van der Waals surface area contributed by atoms with Gasteiger partial charge >= 0.3 is 5.97 Å². The summed E-state index contributed by atoms with van der Waals surface area (Å²) in [4.78, 5) is 23.8. The highest BCUT2D eigenvalue weighted by atomic mass is 16.4. The summed E-state index contributed by atoms with van der Waals surface area (Å²) >= 11 is 0. The average Bonchev–Trinajstić information content (AvgIpc) is 3.26. The molecule has 6 heteroatoms. The molecule has 0 bridgehead atoms. The predicted octanol–water partition coefficient (Wildman–Crippen LogP) is 2.49. The molecule has 2 aliphatic rings. The number of aliphatic carboxylic acids is 1. The molecule has 0 unspecified atom stereocenters. The van der Waals surface area contributed by atoms with E-state index in [1.165, 1.54) is 0 Å². The van der Waals surface area contributed by atoms with Crippen LogP contribution < -0.4 is 5.32 Å². The number of nitrogens with one attached hydrogen (secondary N) is 1. The molecule has 1 aliphatic heterocycles. The Labute approximate surface area is 130 Å². The second kappa shape index (κ2) is 6.47. The lowest BCUT2D eigenvalue weighted by Gasteiger charge is -2.36. The number of carbonyl (C=O) groups excluding carboxylic acids is 1. The third-order valence-corrected chi connectivity index (χ3v) is 4.72. The van der Waals surface area contributed by atoms with Crippen molar-refractivity contribution < 1.29 is 14.7 Å². The van der Waals surface area contributed by atoms with Gasteiger partial charge in [-0.05, 0) is 31.6 Å². The Bertz CT molecular complexity index is 507. The summed E-state index contributed by atoms with van der Waals surface area (Å²) in [5, 5.41) is 20.2. The van der Waals surface area contributed by atoms with Gasteiger partial charge in [-0.15, -0.1) is 12.3 Å². The quantitative estimate of drug-likeness (QED) is 0.708. The molecule has 0 radical (unpaired) electrons. The molecule has 1 fully saturated rings. The van der Waals surface area contributed by atoms with E-state index in [1.807, 2.05) is 0 Å². The predicted molar refractivity (Wildman–Crippen MR) is 81.0 cm³/mol. The van der Waals surface area contributed by atoms with Gasteiger partial charge in [0.15, 0.2) is 5.66 Å². The molecule has 0 aromatic carbocycles. The fourth-order valence-electron chi connectivity index (χ4n) is 2.96.